The van der Waals surface area contributed by atoms with Crippen LogP contribution >= 0.6 is 0 Å². The van der Waals surface area contributed by atoms with Gasteiger partial charge < -0.3 is 10.1 Å². The van der Waals surface area contributed by atoms with Crippen molar-refractivity contribution in [2.75, 3.05) is 19.7 Å². The Morgan fingerprint density at radius 1 is 1.14 bits per heavy atom. The van der Waals surface area contributed by atoms with Gasteiger partial charge in [0, 0.05) is 31.1 Å². The molecular weight excluding hydrogens is 388 g/mol. The second-order valence-electron chi connectivity index (χ2n) is 7.75. The van der Waals surface area contributed by atoms with Gasteiger partial charge in [-0.25, -0.2) is 8.42 Å². The summed E-state index contributed by atoms with van der Waals surface area (Å²) in [7, 11) is -3.46. The van der Waals surface area contributed by atoms with E-state index in [-0.39, 0.29) is 16.8 Å². The fraction of sp³-hybridized carbons (Fsp3) is 0.409. The molecule has 154 valence electrons. The van der Waals surface area contributed by atoms with Gasteiger partial charge in [-0.2, -0.15) is 4.31 Å². The van der Waals surface area contributed by atoms with E-state index in [1.165, 1.54) is 22.0 Å². The van der Waals surface area contributed by atoms with Crippen LogP contribution in [0.4, 0.5) is 0 Å². The first-order chi connectivity index (χ1) is 13.9. The first-order valence-electron chi connectivity index (χ1n) is 10.1. The van der Waals surface area contributed by atoms with Crippen LogP contribution in [0.5, 0.6) is 5.75 Å². The quantitative estimate of drug-likeness (QED) is 0.789. The molecule has 0 bridgehead atoms. The molecule has 2 aliphatic heterocycles. The average molecular weight is 415 g/mol. The Hall–Kier alpha value is -2.38. The van der Waals surface area contributed by atoms with Gasteiger partial charge in [-0.3, -0.25) is 4.79 Å². The van der Waals surface area contributed by atoms with Crippen molar-refractivity contribution in [1.29, 1.82) is 0 Å². The lowest BCUT2D eigenvalue weighted by Crippen LogP contribution is -2.34. The standard InChI is InChI=1S/C22H26N2O4S/c1-16(14-17-4-9-21-19(15-17)10-13-28-21)23-22(25)18-5-7-20(8-6-18)29(26,27)24-11-2-3-12-24/h4-9,15-16H,2-3,10-14H2,1H3,(H,23,25). The maximum absolute atomic E-state index is 12.6. The molecule has 29 heavy (non-hydrogen) atoms. The Bertz CT molecular complexity index is 996. The molecule has 1 fully saturated rings. The maximum Gasteiger partial charge on any atom is 0.251 e. The number of hydrogen-bond donors (Lipinski definition) is 1. The number of amides is 1. The molecule has 2 aromatic rings. The largest absolute Gasteiger partial charge is 0.493 e. The molecule has 1 atom stereocenters. The molecule has 1 saturated heterocycles. The highest BCUT2D eigenvalue weighted by molar-refractivity contribution is 7.89. The Balaban J connectivity index is 1.38. The van der Waals surface area contributed by atoms with Crippen molar-refractivity contribution in [3.63, 3.8) is 0 Å². The molecule has 2 aromatic carbocycles. The van der Waals surface area contributed by atoms with Gasteiger partial charge in [-0.1, -0.05) is 12.1 Å². The summed E-state index contributed by atoms with van der Waals surface area (Å²) in [6.45, 7) is 3.83. The first kappa shape index (κ1) is 19.9. The lowest BCUT2D eigenvalue weighted by molar-refractivity contribution is 0.0940. The molecule has 0 radical (unpaired) electrons. The molecule has 6 nitrogen and oxygen atoms in total. The van der Waals surface area contributed by atoms with Gasteiger partial charge in [0.2, 0.25) is 10.0 Å². The summed E-state index contributed by atoms with van der Waals surface area (Å²) in [5.41, 5.74) is 2.84. The van der Waals surface area contributed by atoms with Crippen LogP contribution in [0.2, 0.25) is 0 Å². The van der Waals surface area contributed by atoms with Crippen LogP contribution in [-0.2, 0) is 22.9 Å². The van der Waals surface area contributed by atoms with Crippen LogP contribution in [-0.4, -0.2) is 44.4 Å². The SMILES string of the molecule is CC(Cc1ccc2c(c1)CCO2)NC(=O)c1ccc(S(=O)(=O)N2CCCC2)cc1. The molecule has 7 heteroatoms. The molecule has 1 N–H and O–H groups in total. The zero-order valence-corrected chi connectivity index (χ0v) is 17.4. The summed E-state index contributed by atoms with van der Waals surface area (Å²) in [5, 5.41) is 3.00. The van der Waals surface area contributed by atoms with Crippen molar-refractivity contribution in [3.05, 3.63) is 59.2 Å². The van der Waals surface area contributed by atoms with Crippen molar-refractivity contribution in [1.82, 2.24) is 9.62 Å². The monoisotopic (exact) mass is 414 g/mol. The Morgan fingerprint density at radius 3 is 2.59 bits per heavy atom. The minimum Gasteiger partial charge on any atom is -0.493 e. The van der Waals surface area contributed by atoms with Crippen molar-refractivity contribution in [2.24, 2.45) is 0 Å². The summed E-state index contributed by atoms with van der Waals surface area (Å²) in [6.07, 6.45) is 3.45. The van der Waals surface area contributed by atoms with Gasteiger partial charge >= 0.3 is 0 Å². The number of rotatable bonds is 6. The van der Waals surface area contributed by atoms with E-state index in [0.29, 0.717) is 18.7 Å². The molecule has 0 saturated carbocycles. The lowest BCUT2D eigenvalue weighted by atomic mass is 10.0. The van der Waals surface area contributed by atoms with Crippen molar-refractivity contribution >= 4 is 15.9 Å². The number of fused-ring (bicyclic) bond motifs is 1. The fourth-order valence-corrected chi connectivity index (χ4v) is 5.45. The zero-order valence-electron chi connectivity index (χ0n) is 16.6. The Kier molecular flexibility index (Phi) is 5.61. The fourth-order valence-electron chi connectivity index (χ4n) is 3.93. The molecule has 2 aliphatic rings. The van der Waals surface area contributed by atoms with E-state index in [9.17, 15) is 13.2 Å². The molecular formula is C22H26N2O4S. The van der Waals surface area contributed by atoms with E-state index >= 15 is 0 Å². The van der Waals surface area contributed by atoms with Gasteiger partial charge in [0.25, 0.3) is 5.91 Å². The first-order valence-corrected chi connectivity index (χ1v) is 11.5. The summed E-state index contributed by atoms with van der Waals surface area (Å²) in [6, 6.07) is 12.3. The molecule has 4 rings (SSSR count). The van der Waals surface area contributed by atoms with Crippen LogP contribution in [0.3, 0.4) is 0 Å². The van der Waals surface area contributed by atoms with E-state index in [1.807, 2.05) is 19.1 Å². The average Bonchev–Trinajstić information content (AvgIpc) is 3.40. The molecule has 1 amide bonds. The van der Waals surface area contributed by atoms with E-state index in [2.05, 4.69) is 11.4 Å². The summed E-state index contributed by atoms with van der Waals surface area (Å²) in [4.78, 5) is 12.8. The normalized spacial score (nSPS) is 17.6. The molecule has 2 heterocycles. The predicted octanol–water partition coefficient (Wildman–Crippen LogP) is 2.77. The van der Waals surface area contributed by atoms with Crippen LogP contribution in [0.1, 0.15) is 41.3 Å². The minimum atomic E-state index is -3.46. The minimum absolute atomic E-state index is 0.0455. The third-order valence-corrected chi connectivity index (χ3v) is 7.41. The lowest BCUT2D eigenvalue weighted by Gasteiger charge is -2.16. The van der Waals surface area contributed by atoms with Crippen LogP contribution in [0, 0.1) is 0 Å². The number of nitrogens with one attached hydrogen (secondary N) is 1. The second kappa shape index (κ2) is 8.16. The number of benzene rings is 2. The van der Waals surface area contributed by atoms with Crippen LogP contribution in [0.15, 0.2) is 47.4 Å². The summed E-state index contributed by atoms with van der Waals surface area (Å²) in [5.74, 6) is 0.751. The van der Waals surface area contributed by atoms with Crippen molar-refractivity contribution in [3.8, 4) is 5.75 Å². The number of nitrogens with zero attached hydrogens (tertiary/aromatic N) is 1. The second-order valence-corrected chi connectivity index (χ2v) is 9.69. The highest BCUT2D eigenvalue weighted by Gasteiger charge is 2.27. The molecule has 0 spiro atoms. The topological polar surface area (TPSA) is 75.7 Å². The molecule has 0 aliphatic carbocycles. The molecule has 1 unspecified atom stereocenters. The van der Waals surface area contributed by atoms with Crippen LogP contribution in [0.25, 0.3) is 0 Å². The smallest absolute Gasteiger partial charge is 0.251 e. The maximum atomic E-state index is 12.6. The summed E-state index contributed by atoms with van der Waals surface area (Å²) < 4.78 is 32.2. The third kappa shape index (κ3) is 4.31. The Morgan fingerprint density at radius 2 is 1.86 bits per heavy atom. The van der Waals surface area contributed by atoms with Gasteiger partial charge in [-0.05, 0) is 67.6 Å². The highest BCUT2D eigenvalue weighted by Crippen LogP contribution is 2.26. The van der Waals surface area contributed by atoms with Crippen molar-refractivity contribution in [2.45, 2.75) is 43.5 Å². The number of hydrogen-bond acceptors (Lipinski definition) is 4. The number of carbonyl (C=O) groups excluding carboxylic acids is 1. The number of ether oxygens (including phenoxy) is 1. The van der Waals surface area contributed by atoms with Gasteiger partial charge in [0.05, 0.1) is 11.5 Å². The zero-order chi connectivity index (χ0) is 20.4. The van der Waals surface area contributed by atoms with Gasteiger partial charge in [0.15, 0.2) is 0 Å². The van der Waals surface area contributed by atoms with E-state index in [4.69, 9.17) is 4.74 Å². The van der Waals surface area contributed by atoms with Gasteiger partial charge in [0.1, 0.15) is 5.75 Å². The number of carbonyl (C=O) groups is 1. The van der Waals surface area contributed by atoms with E-state index in [0.717, 1.165) is 43.6 Å². The van der Waals surface area contributed by atoms with Crippen molar-refractivity contribution < 1.29 is 17.9 Å². The highest BCUT2D eigenvalue weighted by atomic mass is 32.2. The van der Waals surface area contributed by atoms with E-state index < -0.39 is 10.0 Å². The third-order valence-electron chi connectivity index (χ3n) is 5.49. The van der Waals surface area contributed by atoms with Crippen LogP contribution < -0.4 is 10.1 Å². The molecule has 0 aromatic heterocycles. The number of sulfonamides is 1. The van der Waals surface area contributed by atoms with E-state index in [1.54, 1.807) is 12.1 Å². The summed E-state index contributed by atoms with van der Waals surface area (Å²) >= 11 is 0. The predicted molar refractivity (Wildman–Crippen MR) is 111 cm³/mol. The van der Waals surface area contributed by atoms with Gasteiger partial charge in [-0.15, -0.1) is 0 Å². The Labute approximate surface area is 171 Å².